The fourth-order valence-corrected chi connectivity index (χ4v) is 2.96. The maximum absolute atomic E-state index is 12.7. The summed E-state index contributed by atoms with van der Waals surface area (Å²) in [6.45, 7) is 0.320. The zero-order valence-corrected chi connectivity index (χ0v) is 12.3. The van der Waals surface area contributed by atoms with Crippen LogP contribution in [-0.2, 0) is 16.1 Å². The molecular weight excluding hydrogens is 288 g/mol. The Morgan fingerprint density at radius 3 is 2.59 bits per heavy atom. The minimum absolute atomic E-state index is 0.233. The first-order chi connectivity index (χ1) is 10.6. The Morgan fingerprint density at radius 1 is 1.18 bits per heavy atom. The molecule has 3 amide bonds. The Balaban J connectivity index is 1.95. The van der Waals surface area contributed by atoms with Crippen molar-refractivity contribution < 1.29 is 23.9 Å². The van der Waals surface area contributed by atoms with Crippen molar-refractivity contribution in [2.45, 2.75) is 25.4 Å². The lowest BCUT2D eigenvalue weighted by molar-refractivity contribution is -0.136. The van der Waals surface area contributed by atoms with Crippen LogP contribution in [0.15, 0.2) is 12.1 Å². The highest BCUT2D eigenvalue weighted by Crippen LogP contribution is 2.39. The van der Waals surface area contributed by atoms with Crippen LogP contribution in [0.4, 0.5) is 0 Å². The minimum atomic E-state index is -0.631. The molecule has 0 bridgehead atoms. The summed E-state index contributed by atoms with van der Waals surface area (Å²) in [6, 6.07) is 2.90. The highest BCUT2D eigenvalue weighted by Gasteiger charge is 2.41. The number of fused-ring (bicyclic) bond motifs is 1. The van der Waals surface area contributed by atoms with Crippen molar-refractivity contribution in [3.63, 3.8) is 0 Å². The zero-order valence-electron chi connectivity index (χ0n) is 12.3. The molecule has 0 aliphatic carbocycles. The molecule has 1 atom stereocenters. The van der Waals surface area contributed by atoms with Crippen molar-refractivity contribution in [3.8, 4) is 11.5 Å². The zero-order chi connectivity index (χ0) is 15.9. The number of hydrogen-bond donors (Lipinski definition) is 1. The number of amides is 3. The van der Waals surface area contributed by atoms with Gasteiger partial charge in [0.05, 0.1) is 19.8 Å². The van der Waals surface area contributed by atoms with Gasteiger partial charge in [-0.1, -0.05) is 6.07 Å². The Kier molecular flexibility index (Phi) is 3.48. The molecule has 7 heteroatoms. The molecule has 22 heavy (non-hydrogen) atoms. The molecule has 1 aromatic rings. The summed E-state index contributed by atoms with van der Waals surface area (Å²) < 4.78 is 10.5. The average molecular weight is 304 g/mol. The van der Waals surface area contributed by atoms with E-state index >= 15 is 0 Å². The van der Waals surface area contributed by atoms with E-state index in [1.807, 2.05) is 0 Å². The summed E-state index contributed by atoms with van der Waals surface area (Å²) in [6.07, 6.45) is 0.570. The Morgan fingerprint density at radius 2 is 1.95 bits per heavy atom. The monoisotopic (exact) mass is 304 g/mol. The van der Waals surface area contributed by atoms with Gasteiger partial charge < -0.3 is 14.4 Å². The van der Waals surface area contributed by atoms with Crippen molar-refractivity contribution >= 4 is 17.7 Å². The van der Waals surface area contributed by atoms with Gasteiger partial charge in [-0.05, 0) is 18.1 Å². The molecule has 0 radical (unpaired) electrons. The van der Waals surface area contributed by atoms with Crippen LogP contribution in [0.2, 0.25) is 0 Å². The third-order valence-electron chi connectivity index (χ3n) is 4.03. The van der Waals surface area contributed by atoms with Crippen LogP contribution in [0.25, 0.3) is 0 Å². The number of carbonyl (C=O) groups excluding carboxylic acids is 3. The van der Waals surface area contributed by atoms with E-state index in [2.05, 4.69) is 5.32 Å². The van der Waals surface area contributed by atoms with Gasteiger partial charge in [-0.25, -0.2) is 0 Å². The van der Waals surface area contributed by atoms with Crippen LogP contribution in [0.1, 0.15) is 28.8 Å². The average Bonchev–Trinajstić information content (AvgIpc) is 2.83. The van der Waals surface area contributed by atoms with Crippen LogP contribution in [-0.4, -0.2) is 42.9 Å². The Hall–Kier alpha value is -2.57. The third kappa shape index (κ3) is 2.09. The summed E-state index contributed by atoms with van der Waals surface area (Å²) in [5.41, 5.74) is 1.21. The van der Waals surface area contributed by atoms with Gasteiger partial charge in [-0.15, -0.1) is 0 Å². The van der Waals surface area contributed by atoms with E-state index in [-0.39, 0.29) is 18.2 Å². The molecule has 0 aromatic heterocycles. The fraction of sp³-hybridized carbons (Fsp3) is 0.400. The molecule has 2 heterocycles. The van der Waals surface area contributed by atoms with E-state index in [0.29, 0.717) is 30.0 Å². The molecule has 1 saturated heterocycles. The number of carbonyl (C=O) groups is 3. The summed E-state index contributed by atoms with van der Waals surface area (Å²) in [7, 11) is 2.97. The minimum Gasteiger partial charge on any atom is -0.493 e. The number of nitrogens with one attached hydrogen (secondary N) is 1. The number of methoxy groups -OCH3 is 2. The van der Waals surface area contributed by atoms with Crippen LogP contribution in [0.3, 0.4) is 0 Å². The lowest BCUT2D eigenvalue weighted by Gasteiger charge is -2.29. The summed E-state index contributed by atoms with van der Waals surface area (Å²) >= 11 is 0. The van der Waals surface area contributed by atoms with Crippen LogP contribution < -0.4 is 14.8 Å². The molecule has 1 aromatic carbocycles. The molecule has 1 fully saturated rings. The van der Waals surface area contributed by atoms with Gasteiger partial charge in [-0.2, -0.15) is 0 Å². The number of hydrogen-bond acceptors (Lipinski definition) is 5. The number of piperidine rings is 1. The first kappa shape index (κ1) is 14.4. The lowest BCUT2D eigenvalue weighted by Crippen LogP contribution is -2.52. The molecule has 3 rings (SSSR count). The van der Waals surface area contributed by atoms with Crippen molar-refractivity contribution in [3.05, 3.63) is 23.3 Å². The predicted molar refractivity (Wildman–Crippen MR) is 75.6 cm³/mol. The second kappa shape index (κ2) is 5.32. The lowest BCUT2D eigenvalue weighted by atomic mass is 10.0. The largest absolute Gasteiger partial charge is 0.493 e. The normalized spacial score (nSPS) is 20.7. The van der Waals surface area contributed by atoms with E-state index in [0.717, 1.165) is 5.56 Å². The second-order valence-corrected chi connectivity index (χ2v) is 5.24. The summed E-state index contributed by atoms with van der Waals surface area (Å²) in [5.74, 6) is -0.159. The molecule has 2 aliphatic heterocycles. The van der Waals surface area contributed by atoms with Crippen molar-refractivity contribution in [1.29, 1.82) is 0 Å². The standard InChI is InChI=1S/C15H16N2O5/c1-21-10-5-3-8-7-17(15(20)12(8)13(10)22-2)9-4-6-11(18)16-14(9)19/h3,5,9H,4,6-7H2,1-2H3,(H,16,18,19). The SMILES string of the molecule is COc1ccc2c(c1OC)C(=O)N(C1CCC(=O)NC1=O)C2. The molecule has 2 aliphatic rings. The highest BCUT2D eigenvalue weighted by molar-refractivity contribution is 6.06. The fourth-order valence-electron chi connectivity index (χ4n) is 2.96. The number of imide groups is 1. The van der Waals surface area contributed by atoms with Gasteiger partial charge in [0.1, 0.15) is 6.04 Å². The highest BCUT2D eigenvalue weighted by atomic mass is 16.5. The van der Waals surface area contributed by atoms with Gasteiger partial charge >= 0.3 is 0 Å². The van der Waals surface area contributed by atoms with E-state index in [9.17, 15) is 14.4 Å². The molecule has 0 saturated carbocycles. The Labute approximate surface area is 127 Å². The molecule has 1 unspecified atom stereocenters. The molecule has 1 N–H and O–H groups in total. The number of ether oxygens (including phenoxy) is 2. The van der Waals surface area contributed by atoms with Gasteiger partial charge in [0, 0.05) is 13.0 Å². The van der Waals surface area contributed by atoms with E-state index in [1.165, 1.54) is 19.1 Å². The van der Waals surface area contributed by atoms with Crippen molar-refractivity contribution in [2.75, 3.05) is 14.2 Å². The van der Waals surface area contributed by atoms with Crippen LogP contribution in [0.5, 0.6) is 11.5 Å². The van der Waals surface area contributed by atoms with E-state index in [4.69, 9.17) is 9.47 Å². The van der Waals surface area contributed by atoms with Crippen LogP contribution in [0, 0.1) is 0 Å². The molecule has 116 valence electrons. The smallest absolute Gasteiger partial charge is 0.259 e. The first-order valence-electron chi connectivity index (χ1n) is 6.95. The number of rotatable bonds is 3. The maximum Gasteiger partial charge on any atom is 0.259 e. The van der Waals surface area contributed by atoms with Gasteiger partial charge in [0.2, 0.25) is 11.8 Å². The van der Waals surface area contributed by atoms with E-state index in [1.54, 1.807) is 12.1 Å². The molecule has 0 spiro atoms. The van der Waals surface area contributed by atoms with Crippen molar-refractivity contribution in [2.24, 2.45) is 0 Å². The van der Waals surface area contributed by atoms with E-state index < -0.39 is 11.9 Å². The van der Waals surface area contributed by atoms with Gasteiger partial charge in [-0.3, -0.25) is 19.7 Å². The Bertz CT molecular complexity index is 670. The first-order valence-corrected chi connectivity index (χ1v) is 6.95. The number of benzene rings is 1. The molecular formula is C15H16N2O5. The predicted octanol–water partition coefficient (Wildman–Crippen LogP) is 0.465. The maximum atomic E-state index is 12.7. The quantitative estimate of drug-likeness (QED) is 0.820. The van der Waals surface area contributed by atoms with Gasteiger partial charge in [0.25, 0.3) is 5.91 Å². The van der Waals surface area contributed by atoms with Crippen LogP contribution >= 0.6 is 0 Å². The topological polar surface area (TPSA) is 84.9 Å². The second-order valence-electron chi connectivity index (χ2n) is 5.24. The molecule has 7 nitrogen and oxygen atoms in total. The van der Waals surface area contributed by atoms with Gasteiger partial charge in [0.15, 0.2) is 11.5 Å². The van der Waals surface area contributed by atoms with Crippen molar-refractivity contribution in [1.82, 2.24) is 10.2 Å². The summed E-state index contributed by atoms with van der Waals surface area (Å²) in [5, 5.41) is 2.28. The number of nitrogens with zero attached hydrogens (tertiary/aromatic N) is 1. The summed E-state index contributed by atoms with van der Waals surface area (Å²) in [4.78, 5) is 37.4. The third-order valence-corrected chi connectivity index (χ3v) is 4.03.